The molecule has 0 spiro atoms. The Balaban J connectivity index is 2.55. The van der Waals surface area contributed by atoms with Crippen molar-refractivity contribution in [3.05, 3.63) is 53.1 Å². The predicted molar refractivity (Wildman–Crippen MR) is 107 cm³/mol. The normalized spacial score (nSPS) is 13.4. The van der Waals surface area contributed by atoms with E-state index in [4.69, 9.17) is 9.47 Å². The number of hydrogen-bond acceptors (Lipinski definition) is 3. The molecule has 2 aromatic rings. The average Bonchev–Trinajstić information content (AvgIpc) is 2.53. The molecule has 0 aliphatic rings. The Kier molecular flexibility index (Phi) is 6.62. The van der Waals surface area contributed by atoms with Crippen LogP contribution in [0, 0.1) is 6.92 Å². The second kappa shape index (κ2) is 8.31. The Hall–Kier alpha value is -1.41. The van der Waals surface area contributed by atoms with Gasteiger partial charge in [-0.15, -0.1) is 0 Å². The van der Waals surface area contributed by atoms with Crippen LogP contribution < -0.4 is 15.3 Å². The van der Waals surface area contributed by atoms with Crippen LogP contribution in [-0.2, 0) is 10.2 Å². The van der Waals surface area contributed by atoms with Crippen molar-refractivity contribution in [3.8, 4) is 5.75 Å². The topological polar surface area (TPSA) is 38.7 Å². The van der Waals surface area contributed by atoms with Crippen LogP contribution in [0.15, 0.2) is 36.4 Å². The lowest BCUT2D eigenvalue weighted by molar-refractivity contribution is 0.0506. The van der Waals surface area contributed by atoms with E-state index in [1.807, 2.05) is 25.1 Å². The van der Waals surface area contributed by atoms with Gasteiger partial charge in [0, 0.05) is 18.0 Å². The molecule has 2 aromatic carbocycles. The zero-order valence-electron chi connectivity index (χ0n) is 16.0. The van der Waals surface area contributed by atoms with Gasteiger partial charge in [0.15, 0.2) is 6.79 Å². The van der Waals surface area contributed by atoms with E-state index in [1.54, 1.807) is 7.11 Å². The van der Waals surface area contributed by atoms with E-state index in [0.717, 1.165) is 21.9 Å². The number of rotatable bonds is 6. The van der Waals surface area contributed by atoms with Gasteiger partial charge in [0.25, 0.3) is 0 Å². The van der Waals surface area contributed by atoms with Gasteiger partial charge in [0.2, 0.25) is 0 Å². The molecule has 136 valence electrons. The molecule has 0 saturated carbocycles. The van der Waals surface area contributed by atoms with E-state index in [9.17, 15) is 5.11 Å². The number of aliphatic hydroxyl groups excluding tert-OH is 1. The van der Waals surface area contributed by atoms with E-state index >= 15 is 0 Å². The highest BCUT2D eigenvalue weighted by molar-refractivity contribution is 7.55. The summed E-state index contributed by atoms with van der Waals surface area (Å²) in [7, 11) is 2.04. The zero-order chi connectivity index (χ0) is 18.6. The smallest absolute Gasteiger partial charge is 0.188 e. The number of methoxy groups -OCH3 is 1. The minimum absolute atomic E-state index is 0.0296. The molecule has 0 aliphatic carbocycles. The molecule has 2 unspecified atom stereocenters. The highest BCUT2D eigenvalue weighted by Crippen LogP contribution is 2.34. The summed E-state index contributed by atoms with van der Waals surface area (Å²) in [5.41, 5.74) is 3.34. The van der Waals surface area contributed by atoms with Gasteiger partial charge in [-0.1, -0.05) is 59.7 Å². The van der Waals surface area contributed by atoms with Crippen molar-refractivity contribution in [2.24, 2.45) is 0 Å². The van der Waals surface area contributed by atoms with Gasteiger partial charge in [-0.3, -0.25) is 0 Å². The third kappa shape index (κ3) is 5.04. The summed E-state index contributed by atoms with van der Waals surface area (Å²) in [5.74, 6) is 0.902. The van der Waals surface area contributed by atoms with E-state index in [1.165, 1.54) is 11.1 Å². The average molecular weight is 360 g/mol. The van der Waals surface area contributed by atoms with Crippen molar-refractivity contribution >= 4 is 19.2 Å². The first-order valence-electron chi connectivity index (χ1n) is 8.55. The van der Waals surface area contributed by atoms with E-state index < -0.39 is 6.10 Å². The van der Waals surface area contributed by atoms with Gasteiger partial charge < -0.3 is 14.6 Å². The van der Waals surface area contributed by atoms with Crippen molar-refractivity contribution in [3.63, 3.8) is 0 Å². The van der Waals surface area contributed by atoms with Crippen molar-refractivity contribution in [2.75, 3.05) is 13.9 Å². The number of hydrogen-bond donors (Lipinski definition) is 1. The Labute approximate surface area is 153 Å². The molecule has 0 fully saturated rings. The first-order valence-corrected chi connectivity index (χ1v) is 9.55. The van der Waals surface area contributed by atoms with Crippen molar-refractivity contribution in [1.82, 2.24) is 0 Å². The van der Waals surface area contributed by atoms with E-state index in [-0.39, 0.29) is 12.2 Å². The molecular formula is C21H29O3P. The molecule has 0 saturated heterocycles. The molecule has 0 heterocycles. The summed E-state index contributed by atoms with van der Waals surface area (Å²) in [5, 5.41) is 12.4. The maximum Gasteiger partial charge on any atom is 0.188 e. The molecule has 0 aliphatic heterocycles. The van der Waals surface area contributed by atoms with E-state index in [0.29, 0.717) is 8.58 Å². The molecule has 4 heteroatoms. The molecule has 2 atom stereocenters. The molecule has 0 amide bonds. The van der Waals surface area contributed by atoms with Crippen LogP contribution in [0.3, 0.4) is 0 Å². The van der Waals surface area contributed by atoms with Gasteiger partial charge in [-0.2, -0.15) is 0 Å². The van der Waals surface area contributed by atoms with Gasteiger partial charge >= 0.3 is 0 Å². The van der Waals surface area contributed by atoms with Gasteiger partial charge in [-0.05, 0) is 41.8 Å². The third-order valence-corrected chi connectivity index (χ3v) is 5.41. The molecule has 25 heavy (non-hydrogen) atoms. The number of aryl methyl sites for hydroxylation is 1. The third-order valence-electron chi connectivity index (χ3n) is 4.04. The molecule has 0 aromatic heterocycles. The Morgan fingerprint density at radius 3 is 2.40 bits per heavy atom. The largest absolute Gasteiger partial charge is 0.467 e. The van der Waals surface area contributed by atoms with Gasteiger partial charge in [0.05, 0.1) is 6.10 Å². The lowest BCUT2D eigenvalue weighted by atomic mass is 9.85. The summed E-state index contributed by atoms with van der Waals surface area (Å²) < 4.78 is 11.1. The summed E-state index contributed by atoms with van der Waals surface area (Å²) in [4.78, 5) is 0. The SMILES string of the molecule is COCOc1c(Pc2ccccc2C(C)O)cc(C)cc1C(C)(C)C. The number of ether oxygens (including phenoxy) is 2. The van der Waals surface area contributed by atoms with Crippen LogP contribution in [-0.4, -0.2) is 19.0 Å². The van der Waals surface area contributed by atoms with Crippen molar-refractivity contribution in [1.29, 1.82) is 0 Å². The quantitative estimate of drug-likeness (QED) is 0.626. The van der Waals surface area contributed by atoms with Crippen molar-refractivity contribution in [2.45, 2.75) is 46.1 Å². The Morgan fingerprint density at radius 1 is 1.12 bits per heavy atom. The second-order valence-corrected chi connectivity index (χ2v) is 8.71. The highest BCUT2D eigenvalue weighted by atomic mass is 31.1. The minimum atomic E-state index is -0.487. The second-order valence-electron chi connectivity index (χ2n) is 7.38. The van der Waals surface area contributed by atoms with Gasteiger partial charge in [0.1, 0.15) is 5.75 Å². The maximum absolute atomic E-state index is 10.1. The summed E-state index contributed by atoms with van der Waals surface area (Å²) in [6.07, 6.45) is -0.487. The molecule has 3 nitrogen and oxygen atoms in total. The first kappa shape index (κ1) is 19.9. The predicted octanol–water partition coefficient (Wildman–Crippen LogP) is 3.96. The van der Waals surface area contributed by atoms with Crippen LogP contribution in [0.5, 0.6) is 5.75 Å². The van der Waals surface area contributed by atoms with Crippen LogP contribution in [0.2, 0.25) is 0 Å². The minimum Gasteiger partial charge on any atom is -0.467 e. The summed E-state index contributed by atoms with van der Waals surface area (Å²) in [6.45, 7) is 10.7. The molecular weight excluding hydrogens is 331 g/mol. The van der Waals surface area contributed by atoms with Crippen LogP contribution in [0.1, 0.15) is 50.5 Å². The fourth-order valence-electron chi connectivity index (χ4n) is 2.82. The zero-order valence-corrected chi connectivity index (χ0v) is 17.0. The lowest BCUT2D eigenvalue weighted by Crippen LogP contribution is -2.21. The number of benzene rings is 2. The molecule has 0 bridgehead atoms. The Morgan fingerprint density at radius 2 is 1.80 bits per heavy atom. The van der Waals surface area contributed by atoms with Crippen molar-refractivity contribution < 1.29 is 14.6 Å². The number of aliphatic hydroxyl groups is 1. The molecule has 1 N–H and O–H groups in total. The van der Waals surface area contributed by atoms with Crippen LogP contribution in [0.4, 0.5) is 0 Å². The monoisotopic (exact) mass is 360 g/mol. The molecule has 0 radical (unpaired) electrons. The highest BCUT2D eigenvalue weighted by Gasteiger charge is 2.23. The summed E-state index contributed by atoms with van der Waals surface area (Å²) >= 11 is 0. The molecule has 2 rings (SSSR count). The lowest BCUT2D eigenvalue weighted by Gasteiger charge is -2.26. The Bertz CT molecular complexity index is 718. The van der Waals surface area contributed by atoms with Crippen LogP contribution >= 0.6 is 8.58 Å². The van der Waals surface area contributed by atoms with Gasteiger partial charge in [-0.25, -0.2) is 0 Å². The standard InChI is InChI=1S/C21H29O3P/c1-14-11-17(21(3,4)5)20(24-13-23-6)19(12-14)25-18-10-8-7-9-16(18)15(2)22/h7-12,15,22,25H,13H2,1-6H3. The fourth-order valence-corrected chi connectivity index (χ4v) is 4.34. The van der Waals surface area contributed by atoms with E-state index in [2.05, 4.69) is 45.9 Å². The first-order chi connectivity index (χ1) is 11.7. The maximum atomic E-state index is 10.1. The summed E-state index contributed by atoms with van der Waals surface area (Å²) in [6, 6.07) is 12.4. The fraction of sp³-hybridized carbons (Fsp3) is 0.429. The van der Waals surface area contributed by atoms with Crippen LogP contribution in [0.25, 0.3) is 0 Å².